The maximum absolute atomic E-state index is 12.2. The van der Waals surface area contributed by atoms with Crippen molar-refractivity contribution in [3.8, 4) is 0 Å². The summed E-state index contributed by atoms with van der Waals surface area (Å²) in [5.41, 5.74) is 0.0198. The first-order valence-corrected chi connectivity index (χ1v) is 6.61. The number of nitrogens with zero attached hydrogens (tertiary/aromatic N) is 1. The molecule has 1 aliphatic heterocycles. The van der Waals surface area contributed by atoms with Crippen molar-refractivity contribution in [3.63, 3.8) is 0 Å². The van der Waals surface area contributed by atoms with Crippen LogP contribution < -0.4 is 0 Å². The fourth-order valence-corrected chi connectivity index (χ4v) is 2.67. The zero-order valence-corrected chi connectivity index (χ0v) is 10.9. The summed E-state index contributed by atoms with van der Waals surface area (Å²) in [6.45, 7) is 2.83. The van der Waals surface area contributed by atoms with E-state index in [-0.39, 0.29) is 5.91 Å². The Hall–Kier alpha value is -1.81. The highest BCUT2D eigenvalue weighted by atomic mass is 16.3. The van der Waals surface area contributed by atoms with Crippen molar-refractivity contribution in [1.29, 1.82) is 0 Å². The van der Waals surface area contributed by atoms with E-state index in [4.69, 9.17) is 4.42 Å². The van der Waals surface area contributed by atoms with Gasteiger partial charge >= 0.3 is 0 Å². The van der Waals surface area contributed by atoms with Crippen LogP contribution in [-0.4, -0.2) is 34.6 Å². The molecule has 1 aliphatic rings. The molecule has 1 saturated heterocycles. The van der Waals surface area contributed by atoms with Gasteiger partial charge in [-0.25, -0.2) is 0 Å². The van der Waals surface area contributed by atoms with Gasteiger partial charge in [0.15, 0.2) is 5.76 Å². The van der Waals surface area contributed by atoms with E-state index in [0.717, 1.165) is 23.8 Å². The zero-order chi connectivity index (χ0) is 13.5. The molecule has 1 aromatic heterocycles. The van der Waals surface area contributed by atoms with Crippen LogP contribution in [0.1, 0.15) is 30.3 Å². The van der Waals surface area contributed by atoms with Crippen LogP contribution in [0.25, 0.3) is 11.0 Å². The Balaban J connectivity index is 1.75. The second-order valence-electron chi connectivity index (χ2n) is 5.28. The van der Waals surface area contributed by atoms with Gasteiger partial charge in [0, 0.05) is 5.39 Å². The van der Waals surface area contributed by atoms with Gasteiger partial charge in [0.1, 0.15) is 5.58 Å². The Morgan fingerprint density at radius 1 is 1.42 bits per heavy atom. The molecule has 0 saturated carbocycles. The Bertz CT molecular complexity index is 578. The van der Waals surface area contributed by atoms with E-state index >= 15 is 0 Å². The van der Waals surface area contributed by atoms with Gasteiger partial charge in [-0.05, 0) is 18.6 Å². The fourth-order valence-electron chi connectivity index (χ4n) is 2.67. The van der Waals surface area contributed by atoms with Crippen molar-refractivity contribution in [2.75, 3.05) is 13.1 Å². The van der Waals surface area contributed by atoms with Crippen LogP contribution in [0.2, 0.25) is 0 Å². The van der Waals surface area contributed by atoms with Crippen LogP contribution in [0.4, 0.5) is 0 Å². The summed E-state index contributed by atoms with van der Waals surface area (Å²) in [4.78, 5) is 13.8. The lowest BCUT2D eigenvalue weighted by Gasteiger charge is -2.46. The first kappa shape index (κ1) is 12.2. The third kappa shape index (κ3) is 2.12. The van der Waals surface area contributed by atoms with Crippen molar-refractivity contribution in [2.24, 2.45) is 0 Å². The number of para-hydroxylation sites is 1. The van der Waals surface area contributed by atoms with Crippen molar-refractivity contribution < 1.29 is 14.3 Å². The third-order valence-electron chi connectivity index (χ3n) is 3.61. The van der Waals surface area contributed by atoms with Gasteiger partial charge in [0.25, 0.3) is 5.91 Å². The molecule has 4 heteroatoms. The smallest absolute Gasteiger partial charge is 0.289 e. The van der Waals surface area contributed by atoms with Crippen LogP contribution in [0.3, 0.4) is 0 Å². The number of rotatable bonds is 3. The molecule has 0 radical (unpaired) electrons. The maximum Gasteiger partial charge on any atom is 0.289 e. The summed E-state index contributed by atoms with van der Waals surface area (Å²) >= 11 is 0. The molecule has 1 amide bonds. The normalized spacial score (nSPS) is 17.5. The number of fused-ring (bicyclic) bond motifs is 1. The molecule has 1 N–H and O–H groups in total. The number of aliphatic hydroxyl groups is 1. The molecule has 2 aromatic rings. The van der Waals surface area contributed by atoms with E-state index in [0.29, 0.717) is 18.8 Å². The lowest BCUT2D eigenvalue weighted by molar-refractivity contribution is -0.0867. The monoisotopic (exact) mass is 259 g/mol. The SMILES string of the molecule is CCCC1(O)CN(C(=O)c2cc3ccccc3o2)C1. The number of carbonyl (C=O) groups excluding carboxylic acids is 1. The van der Waals surface area contributed by atoms with Crippen LogP contribution in [-0.2, 0) is 0 Å². The van der Waals surface area contributed by atoms with E-state index in [1.54, 1.807) is 11.0 Å². The lowest BCUT2D eigenvalue weighted by atomic mass is 9.89. The number of hydrogen-bond donors (Lipinski definition) is 1. The quantitative estimate of drug-likeness (QED) is 0.921. The van der Waals surface area contributed by atoms with Gasteiger partial charge in [0.05, 0.1) is 18.7 Å². The fraction of sp³-hybridized carbons (Fsp3) is 0.400. The number of carbonyl (C=O) groups is 1. The average molecular weight is 259 g/mol. The molecule has 0 bridgehead atoms. The number of hydrogen-bond acceptors (Lipinski definition) is 3. The highest BCUT2D eigenvalue weighted by Gasteiger charge is 2.43. The molecule has 0 aliphatic carbocycles. The third-order valence-corrected chi connectivity index (χ3v) is 3.61. The minimum Gasteiger partial charge on any atom is -0.451 e. The Kier molecular flexibility index (Phi) is 2.82. The predicted octanol–water partition coefficient (Wildman–Crippen LogP) is 2.42. The summed E-state index contributed by atoms with van der Waals surface area (Å²) in [5, 5.41) is 11.0. The molecule has 0 atom stereocenters. The summed E-state index contributed by atoms with van der Waals surface area (Å²) in [7, 11) is 0. The topological polar surface area (TPSA) is 53.7 Å². The van der Waals surface area contributed by atoms with Gasteiger partial charge in [-0.3, -0.25) is 4.79 Å². The van der Waals surface area contributed by atoms with Crippen LogP contribution >= 0.6 is 0 Å². The van der Waals surface area contributed by atoms with Crippen molar-refractivity contribution >= 4 is 16.9 Å². The Labute approximate surface area is 111 Å². The van der Waals surface area contributed by atoms with Crippen molar-refractivity contribution in [3.05, 3.63) is 36.1 Å². The summed E-state index contributed by atoms with van der Waals surface area (Å²) < 4.78 is 5.54. The van der Waals surface area contributed by atoms with E-state index in [1.165, 1.54) is 0 Å². The van der Waals surface area contributed by atoms with E-state index < -0.39 is 5.60 Å². The number of benzene rings is 1. The molecule has 0 unspecified atom stereocenters. The molecule has 19 heavy (non-hydrogen) atoms. The molecule has 100 valence electrons. The molecule has 4 nitrogen and oxygen atoms in total. The highest BCUT2D eigenvalue weighted by molar-refractivity contribution is 5.96. The zero-order valence-electron chi connectivity index (χ0n) is 10.9. The van der Waals surface area contributed by atoms with Gasteiger partial charge < -0.3 is 14.4 Å². The Morgan fingerprint density at radius 2 is 2.16 bits per heavy atom. The first-order chi connectivity index (χ1) is 9.11. The summed E-state index contributed by atoms with van der Waals surface area (Å²) in [6, 6.07) is 9.31. The second kappa shape index (κ2) is 4.38. The van der Waals surface area contributed by atoms with E-state index in [2.05, 4.69) is 0 Å². The minimum absolute atomic E-state index is 0.142. The minimum atomic E-state index is -0.698. The van der Waals surface area contributed by atoms with Gasteiger partial charge in [-0.1, -0.05) is 31.5 Å². The van der Waals surface area contributed by atoms with Crippen LogP contribution in [0.5, 0.6) is 0 Å². The molecular formula is C15H17NO3. The summed E-state index contributed by atoms with van der Waals surface area (Å²) in [5.74, 6) is 0.205. The average Bonchev–Trinajstić information content (AvgIpc) is 2.79. The molecule has 0 spiro atoms. The molecule has 1 aromatic carbocycles. The molecular weight excluding hydrogens is 242 g/mol. The molecule has 3 rings (SSSR count). The van der Waals surface area contributed by atoms with Gasteiger partial charge in [0.2, 0.25) is 0 Å². The predicted molar refractivity (Wildman–Crippen MR) is 72.0 cm³/mol. The largest absolute Gasteiger partial charge is 0.451 e. The number of β-amino-alcohol motifs (C(OH)–C–C–N with tert-alkyl or cyclic N) is 1. The van der Waals surface area contributed by atoms with E-state index in [1.807, 2.05) is 31.2 Å². The number of furan rings is 1. The van der Waals surface area contributed by atoms with Gasteiger partial charge in [-0.2, -0.15) is 0 Å². The van der Waals surface area contributed by atoms with Crippen LogP contribution in [0, 0.1) is 0 Å². The molecule has 2 heterocycles. The number of likely N-dealkylation sites (tertiary alicyclic amines) is 1. The van der Waals surface area contributed by atoms with Crippen molar-refractivity contribution in [1.82, 2.24) is 4.90 Å². The van der Waals surface area contributed by atoms with E-state index in [9.17, 15) is 9.90 Å². The Morgan fingerprint density at radius 3 is 2.84 bits per heavy atom. The maximum atomic E-state index is 12.2. The second-order valence-corrected chi connectivity index (χ2v) is 5.28. The first-order valence-electron chi connectivity index (χ1n) is 6.61. The van der Waals surface area contributed by atoms with Crippen molar-refractivity contribution in [2.45, 2.75) is 25.4 Å². The highest BCUT2D eigenvalue weighted by Crippen LogP contribution is 2.28. The summed E-state index contributed by atoms with van der Waals surface area (Å²) in [6.07, 6.45) is 1.65. The number of amides is 1. The van der Waals surface area contributed by atoms with Crippen LogP contribution in [0.15, 0.2) is 34.7 Å². The molecule has 1 fully saturated rings. The standard InChI is InChI=1S/C15H17NO3/c1-2-7-15(18)9-16(10-15)14(17)13-8-11-5-3-4-6-12(11)19-13/h3-6,8,18H,2,7,9-10H2,1H3. The van der Waals surface area contributed by atoms with Gasteiger partial charge in [-0.15, -0.1) is 0 Å². The lowest BCUT2D eigenvalue weighted by Crippen LogP contribution is -2.63.